The summed E-state index contributed by atoms with van der Waals surface area (Å²) >= 11 is 6.44. The van der Waals surface area contributed by atoms with E-state index in [9.17, 15) is 13.5 Å². The summed E-state index contributed by atoms with van der Waals surface area (Å²) in [4.78, 5) is 21.4. The van der Waals surface area contributed by atoms with Crippen LogP contribution in [0.3, 0.4) is 0 Å². The number of carbonyl (C=O) groups excluding carboxylic acids is 1. The quantitative estimate of drug-likeness (QED) is 0.304. The van der Waals surface area contributed by atoms with Gasteiger partial charge in [0.2, 0.25) is 5.89 Å². The Balaban J connectivity index is 1.67. The number of sulfonamides is 1. The molecule has 12 heteroatoms. The van der Waals surface area contributed by atoms with Crippen molar-refractivity contribution in [3.05, 3.63) is 101 Å². The predicted molar refractivity (Wildman–Crippen MR) is 154 cm³/mol. The average molecular weight is 610 g/mol. The second-order valence-corrected chi connectivity index (χ2v) is 12.3. The van der Waals surface area contributed by atoms with Crippen molar-refractivity contribution in [2.75, 3.05) is 25.1 Å². The van der Waals surface area contributed by atoms with Gasteiger partial charge in [-0.05, 0) is 66.9 Å². The minimum atomic E-state index is -4.44. The minimum Gasteiger partial charge on any atom is -0.497 e. The highest BCUT2D eigenvalue weighted by molar-refractivity contribution is 7.93. The van der Waals surface area contributed by atoms with Crippen LogP contribution in [-0.4, -0.2) is 50.1 Å². The smallest absolute Gasteiger partial charge is 0.271 e. The average Bonchev–Trinajstić information content (AvgIpc) is 3.75. The maximum atomic E-state index is 15.2. The van der Waals surface area contributed by atoms with E-state index in [-0.39, 0.29) is 22.2 Å². The van der Waals surface area contributed by atoms with Gasteiger partial charge in [0.15, 0.2) is 5.54 Å². The molecule has 218 valence electrons. The highest BCUT2D eigenvalue weighted by atomic mass is 35.5. The van der Waals surface area contributed by atoms with Gasteiger partial charge < -0.3 is 19.0 Å². The fraction of sp³-hybridized carbons (Fsp3) is 0.267. The Bertz CT molecular complexity index is 1750. The Hall–Kier alpha value is -3.90. The Labute approximate surface area is 248 Å². The monoisotopic (exact) mass is 609 g/mol. The molecule has 3 heterocycles. The van der Waals surface area contributed by atoms with Crippen LogP contribution in [0.4, 0.5) is 5.69 Å². The van der Waals surface area contributed by atoms with Crippen LogP contribution in [0, 0.1) is 0 Å². The van der Waals surface area contributed by atoms with Crippen molar-refractivity contribution in [3.8, 4) is 11.5 Å². The molecule has 0 radical (unpaired) electrons. The lowest BCUT2D eigenvalue weighted by Crippen LogP contribution is -2.54. The summed E-state index contributed by atoms with van der Waals surface area (Å²) in [5, 5.41) is 10.4. The van der Waals surface area contributed by atoms with E-state index in [4.69, 9.17) is 25.5 Å². The summed E-state index contributed by atoms with van der Waals surface area (Å²) in [5.41, 5.74) is -0.266. The lowest BCUT2D eigenvalue weighted by atomic mass is 9.80. The Morgan fingerprint density at radius 3 is 2.52 bits per heavy atom. The van der Waals surface area contributed by atoms with Crippen LogP contribution in [-0.2, 0) is 27.0 Å². The third-order valence-corrected chi connectivity index (χ3v) is 9.86. The van der Waals surface area contributed by atoms with E-state index in [1.165, 1.54) is 57.0 Å². The summed E-state index contributed by atoms with van der Waals surface area (Å²) in [6.07, 6.45) is 4.32. The van der Waals surface area contributed by atoms with Crippen LogP contribution in [0.5, 0.6) is 11.5 Å². The van der Waals surface area contributed by atoms with Gasteiger partial charge in [-0.1, -0.05) is 23.7 Å². The molecule has 1 unspecified atom stereocenters. The van der Waals surface area contributed by atoms with Crippen molar-refractivity contribution in [2.45, 2.75) is 35.9 Å². The number of anilines is 1. The van der Waals surface area contributed by atoms with E-state index in [1.807, 2.05) is 4.90 Å². The third-order valence-electron chi connectivity index (χ3n) is 7.92. The van der Waals surface area contributed by atoms with Crippen LogP contribution in [0.15, 0.2) is 82.4 Å². The van der Waals surface area contributed by atoms with E-state index in [0.717, 1.165) is 4.31 Å². The van der Waals surface area contributed by atoms with Crippen molar-refractivity contribution in [1.29, 1.82) is 0 Å². The molecule has 2 atom stereocenters. The molecule has 2 aliphatic heterocycles. The van der Waals surface area contributed by atoms with Gasteiger partial charge in [-0.15, -0.1) is 0 Å². The van der Waals surface area contributed by atoms with Gasteiger partial charge in [-0.2, -0.15) is 0 Å². The number of methoxy groups -OCH3 is 2. The largest absolute Gasteiger partial charge is 0.497 e. The molecule has 4 aromatic rings. The lowest BCUT2D eigenvalue weighted by molar-refractivity contribution is -0.127. The van der Waals surface area contributed by atoms with Crippen LogP contribution in [0.2, 0.25) is 5.02 Å². The van der Waals surface area contributed by atoms with E-state index in [1.54, 1.807) is 30.3 Å². The maximum Gasteiger partial charge on any atom is 0.271 e. The molecule has 1 fully saturated rings. The lowest BCUT2D eigenvalue weighted by Gasteiger charge is -2.41. The number of carbonyl (C=O) groups is 1. The molecule has 1 aromatic heterocycles. The number of ether oxygens (including phenoxy) is 2. The first kappa shape index (κ1) is 28.2. The van der Waals surface area contributed by atoms with E-state index in [2.05, 4.69) is 4.98 Å². The molecule has 0 bridgehead atoms. The van der Waals surface area contributed by atoms with Crippen LogP contribution in [0.1, 0.15) is 41.5 Å². The van der Waals surface area contributed by atoms with Gasteiger partial charge in [0.05, 0.1) is 43.6 Å². The third kappa shape index (κ3) is 4.18. The highest BCUT2D eigenvalue weighted by Crippen LogP contribution is 2.56. The van der Waals surface area contributed by atoms with Crippen LogP contribution < -0.4 is 13.8 Å². The Morgan fingerprint density at radius 2 is 1.86 bits per heavy atom. The molecular weight excluding hydrogens is 582 g/mol. The topological polar surface area (TPSA) is 122 Å². The zero-order valence-electron chi connectivity index (χ0n) is 22.9. The number of amides is 1. The molecule has 42 heavy (non-hydrogen) atoms. The molecule has 10 nitrogen and oxygen atoms in total. The zero-order valence-corrected chi connectivity index (χ0v) is 24.4. The Morgan fingerprint density at radius 1 is 1.07 bits per heavy atom. The second-order valence-electron chi connectivity index (χ2n) is 10.0. The first-order valence-electron chi connectivity index (χ1n) is 13.3. The molecule has 0 spiro atoms. The highest BCUT2D eigenvalue weighted by Gasteiger charge is 2.62. The summed E-state index contributed by atoms with van der Waals surface area (Å²) < 4.78 is 46.2. The molecule has 6 rings (SSSR count). The van der Waals surface area contributed by atoms with Gasteiger partial charge >= 0.3 is 0 Å². The number of hydrogen-bond acceptors (Lipinski definition) is 9. The molecule has 0 saturated carbocycles. The van der Waals surface area contributed by atoms with Gasteiger partial charge in [0, 0.05) is 22.7 Å². The van der Waals surface area contributed by atoms with E-state index in [0.29, 0.717) is 53.5 Å². The molecule has 0 aliphatic carbocycles. The first-order valence-corrected chi connectivity index (χ1v) is 15.1. The van der Waals surface area contributed by atoms with Crippen LogP contribution in [0.25, 0.3) is 0 Å². The number of oxazole rings is 1. The Kier molecular flexibility index (Phi) is 7.22. The molecule has 3 aromatic carbocycles. The maximum absolute atomic E-state index is 15.2. The summed E-state index contributed by atoms with van der Waals surface area (Å²) in [7, 11) is -1.48. The van der Waals surface area contributed by atoms with Gasteiger partial charge in [0.1, 0.15) is 17.8 Å². The number of benzene rings is 3. The fourth-order valence-corrected chi connectivity index (χ4v) is 7.71. The van der Waals surface area contributed by atoms with Crippen molar-refractivity contribution in [3.63, 3.8) is 0 Å². The molecule has 1 N–H and O–H groups in total. The molecule has 1 amide bonds. The normalized spacial score (nSPS) is 20.6. The molecule has 2 aliphatic rings. The number of hydrogen-bond donors (Lipinski definition) is 1. The zero-order chi connectivity index (χ0) is 29.6. The number of likely N-dealkylation sites (tertiary alicyclic amines) is 1. The standard InChI is InChI=1S/C30H28ClN3O7S/c1-39-21-7-9-22(10-8-21)42(37,38)34-26-17-20(31)6-11-23(26)30(29(34)36,24-16-19(18-35)5-12-27(24)40-2)33-14-3-4-25(33)28-32-13-15-41-28/h5-13,15-17,25,35H,3-4,14,18H2,1-2H3/t25-,30?/m0/s1. The van der Waals surface area contributed by atoms with E-state index < -0.39 is 27.5 Å². The number of aromatic nitrogens is 1. The van der Waals surface area contributed by atoms with Crippen molar-refractivity contribution in [2.24, 2.45) is 0 Å². The number of aliphatic hydroxyl groups is 1. The minimum absolute atomic E-state index is 0.0971. The number of nitrogens with zero attached hydrogens (tertiary/aromatic N) is 3. The number of rotatable bonds is 8. The number of halogens is 1. The van der Waals surface area contributed by atoms with Crippen molar-refractivity contribution in [1.82, 2.24) is 9.88 Å². The van der Waals surface area contributed by atoms with E-state index >= 15 is 4.79 Å². The number of fused-ring (bicyclic) bond motifs is 1. The van der Waals surface area contributed by atoms with Gasteiger partial charge in [-0.3, -0.25) is 9.69 Å². The summed E-state index contributed by atoms with van der Waals surface area (Å²) in [6, 6.07) is 15.2. The fourth-order valence-electron chi connectivity index (χ4n) is 6.09. The SMILES string of the molecule is COc1ccc(S(=O)(=O)N2C(=O)C(c3cc(CO)ccc3OC)(N3CCC[C@H]3c3ncco3)c3ccc(Cl)cc32)cc1. The second kappa shape index (κ2) is 10.7. The molecular formula is C30H28ClN3O7S. The van der Waals surface area contributed by atoms with Crippen LogP contribution >= 0.6 is 11.6 Å². The summed E-state index contributed by atoms with van der Waals surface area (Å²) in [5.74, 6) is 0.491. The van der Waals surface area contributed by atoms with Crippen molar-refractivity contribution >= 4 is 33.2 Å². The predicted octanol–water partition coefficient (Wildman–Crippen LogP) is 4.65. The number of aliphatic hydroxyl groups excluding tert-OH is 1. The first-order chi connectivity index (χ1) is 20.3. The van der Waals surface area contributed by atoms with Gasteiger partial charge in [-0.25, -0.2) is 17.7 Å². The van der Waals surface area contributed by atoms with Gasteiger partial charge in [0.25, 0.3) is 15.9 Å². The summed E-state index contributed by atoms with van der Waals surface area (Å²) in [6.45, 7) is 0.121. The van der Waals surface area contributed by atoms with Crippen molar-refractivity contribution < 1.29 is 32.2 Å². The molecule has 1 saturated heterocycles.